The zero-order valence-electron chi connectivity index (χ0n) is 12.8. The Morgan fingerprint density at radius 3 is 2.74 bits per heavy atom. The van der Waals surface area contributed by atoms with Gasteiger partial charge in [0.1, 0.15) is 5.56 Å². The molecule has 1 heterocycles. The monoisotopic (exact) mass is 427 g/mol. The van der Waals surface area contributed by atoms with Crippen molar-refractivity contribution < 1.29 is 9.59 Å². The maximum Gasteiger partial charge on any atom is 0.259 e. The highest BCUT2D eigenvalue weighted by molar-refractivity contribution is 14.1. The molecular weight excluding hydrogens is 409 g/mol. The van der Waals surface area contributed by atoms with E-state index < -0.39 is 11.8 Å². The summed E-state index contributed by atoms with van der Waals surface area (Å²) < 4.78 is 0.908. The van der Waals surface area contributed by atoms with Crippen LogP contribution in [0.3, 0.4) is 0 Å². The van der Waals surface area contributed by atoms with Crippen LogP contribution < -0.4 is 11.2 Å². The second-order valence-electron chi connectivity index (χ2n) is 5.27. The van der Waals surface area contributed by atoms with Crippen molar-refractivity contribution in [1.82, 2.24) is 9.88 Å². The van der Waals surface area contributed by atoms with Crippen molar-refractivity contribution in [3.8, 4) is 0 Å². The van der Waals surface area contributed by atoms with Crippen molar-refractivity contribution in [3.63, 3.8) is 0 Å². The zero-order valence-corrected chi connectivity index (χ0v) is 14.9. The third-order valence-electron chi connectivity index (χ3n) is 3.49. The van der Waals surface area contributed by atoms with Gasteiger partial charge < -0.3 is 15.6 Å². The van der Waals surface area contributed by atoms with Crippen LogP contribution in [-0.2, 0) is 4.79 Å². The van der Waals surface area contributed by atoms with Gasteiger partial charge in [-0.3, -0.25) is 14.4 Å². The van der Waals surface area contributed by atoms with Crippen LogP contribution in [0.4, 0.5) is 0 Å². The van der Waals surface area contributed by atoms with E-state index in [4.69, 9.17) is 5.73 Å². The number of unbranched alkanes of at least 4 members (excludes halogenated alkanes) is 1. The van der Waals surface area contributed by atoms with E-state index in [-0.39, 0.29) is 17.5 Å². The van der Waals surface area contributed by atoms with E-state index in [2.05, 4.69) is 27.6 Å². The van der Waals surface area contributed by atoms with E-state index in [9.17, 15) is 14.4 Å². The van der Waals surface area contributed by atoms with Crippen molar-refractivity contribution in [2.24, 2.45) is 5.73 Å². The van der Waals surface area contributed by atoms with Gasteiger partial charge in [0.2, 0.25) is 11.3 Å². The molecule has 0 saturated carbocycles. The molecule has 6 nitrogen and oxygen atoms in total. The number of halogens is 1. The molecule has 0 aliphatic carbocycles. The van der Waals surface area contributed by atoms with E-state index in [1.807, 2.05) is 13.0 Å². The number of rotatable bonds is 6. The molecule has 122 valence electrons. The summed E-state index contributed by atoms with van der Waals surface area (Å²) in [5, 5.41) is 0.456. The van der Waals surface area contributed by atoms with E-state index >= 15 is 0 Å². The number of aromatic nitrogens is 1. The number of carbonyl (C=O) groups is 2. The first kappa shape index (κ1) is 17.5. The van der Waals surface area contributed by atoms with Crippen molar-refractivity contribution >= 4 is 45.3 Å². The summed E-state index contributed by atoms with van der Waals surface area (Å²) in [5.41, 5.74) is 5.56. The number of hydrogen-bond donors (Lipinski definition) is 2. The first-order valence-corrected chi connectivity index (χ1v) is 8.40. The number of amides is 2. The number of carbonyl (C=O) groups excluding carboxylic acids is 2. The zero-order chi connectivity index (χ0) is 17.0. The number of aromatic amines is 1. The molecule has 0 unspecified atom stereocenters. The highest BCUT2D eigenvalue weighted by Gasteiger charge is 2.21. The number of hydrogen-bond acceptors (Lipinski definition) is 3. The van der Waals surface area contributed by atoms with Crippen LogP contribution >= 0.6 is 22.6 Å². The van der Waals surface area contributed by atoms with Gasteiger partial charge in [-0.2, -0.15) is 0 Å². The van der Waals surface area contributed by atoms with Crippen molar-refractivity contribution in [2.45, 2.75) is 19.8 Å². The highest BCUT2D eigenvalue weighted by atomic mass is 127. The Morgan fingerprint density at radius 1 is 1.35 bits per heavy atom. The Bertz CT molecular complexity index is 801. The summed E-state index contributed by atoms with van der Waals surface area (Å²) in [6.45, 7) is 2.18. The van der Waals surface area contributed by atoms with Crippen molar-refractivity contribution in [3.05, 3.63) is 43.8 Å². The molecule has 3 N–H and O–H groups in total. The minimum atomic E-state index is -0.596. The van der Waals surface area contributed by atoms with Gasteiger partial charge in [-0.15, -0.1) is 0 Å². The lowest BCUT2D eigenvalue weighted by atomic mass is 10.1. The lowest BCUT2D eigenvalue weighted by molar-refractivity contribution is -0.118. The molecule has 0 radical (unpaired) electrons. The Labute approximate surface area is 147 Å². The van der Waals surface area contributed by atoms with Crippen LogP contribution in [0.25, 0.3) is 10.9 Å². The first-order chi connectivity index (χ1) is 10.9. The fourth-order valence-electron chi connectivity index (χ4n) is 2.31. The molecule has 0 aliphatic rings. The van der Waals surface area contributed by atoms with Crippen molar-refractivity contribution in [1.29, 1.82) is 0 Å². The van der Waals surface area contributed by atoms with Gasteiger partial charge in [0, 0.05) is 27.2 Å². The molecular formula is C16H18IN3O3. The molecule has 2 aromatic rings. The Hall–Kier alpha value is -1.90. The van der Waals surface area contributed by atoms with Crippen LogP contribution in [0, 0.1) is 3.57 Å². The topological polar surface area (TPSA) is 96.3 Å². The average molecular weight is 427 g/mol. The molecule has 2 amide bonds. The summed E-state index contributed by atoms with van der Waals surface area (Å²) >= 11 is 2.11. The Balaban J connectivity index is 2.43. The van der Waals surface area contributed by atoms with Crippen molar-refractivity contribution in [2.75, 3.05) is 13.1 Å². The molecule has 2 rings (SSSR count). The van der Waals surface area contributed by atoms with Gasteiger partial charge in [-0.25, -0.2) is 0 Å². The maximum absolute atomic E-state index is 12.6. The van der Waals surface area contributed by atoms with Crippen LogP contribution in [0.5, 0.6) is 0 Å². The second-order valence-corrected chi connectivity index (χ2v) is 6.51. The average Bonchev–Trinajstić information content (AvgIpc) is 2.51. The van der Waals surface area contributed by atoms with Gasteiger partial charge in [-0.05, 0) is 47.2 Å². The number of pyridine rings is 1. The van der Waals surface area contributed by atoms with Gasteiger partial charge in [-0.1, -0.05) is 13.3 Å². The maximum atomic E-state index is 12.6. The minimum Gasteiger partial charge on any atom is -0.368 e. The molecule has 0 bridgehead atoms. The third-order valence-corrected chi connectivity index (χ3v) is 4.16. The molecule has 7 heteroatoms. The van der Waals surface area contributed by atoms with Gasteiger partial charge in [0.25, 0.3) is 5.91 Å². The Kier molecular flexibility index (Phi) is 5.75. The standard InChI is InChI=1S/C16H18IN3O3/c1-2-3-6-20(9-14(18)21)16(23)12-8-19-13-5-4-10(17)7-11(13)15(12)22/h4-5,7-8H,2-3,6,9H2,1H3,(H2,18,21)(H,19,22). The quantitative estimate of drug-likeness (QED) is 0.689. The predicted molar refractivity (Wildman–Crippen MR) is 97.3 cm³/mol. The molecule has 0 fully saturated rings. The summed E-state index contributed by atoms with van der Waals surface area (Å²) in [6.07, 6.45) is 3.01. The SMILES string of the molecule is CCCCN(CC(N)=O)C(=O)c1c[nH]c2ccc(I)cc2c1=O. The molecule has 1 aromatic carbocycles. The third kappa shape index (κ3) is 4.10. The van der Waals surface area contributed by atoms with Gasteiger partial charge in [0.05, 0.1) is 6.54 Å². The summed E-state index contributed by atoms with van der Waals surface area (Å²) in [4.78, 5) is 40.7. The number of nitrogens with one attached hydrogen (secondary N) is 1. The highest BCUT2D eigenvalue weighted by Crippen LogP contribution is 2.13. The number of benzene rings is 1. The van der Waals surface area contributed by atoms with Crippen LogP contribution in [0.1, 0.15) is 30.1 Å². The minimum absolute atomic E-state index is 0.0249. The molecule has 0 atom stereocenters. The summed E-state index contributed by atoms with van der Waals surface area (Å²) in [5.74, 6) is -1.07. The van der Waals surface area contributed by atoms with E-state index in [0.29, 0.717) is 17.4 Å². The number of nitrogens with zero attached hydrogens (tertiary/aromatic N) is 1. The lowest BCUT2D eigenvalue weighted by Gasteiger charge is -2.20. The van der Waals surface area contributed by atoms with E-state index in [1.165, 1.54) is 11.1 Å². The molecule has 23 heavy (non-hydrogen) atoms. The normalized spacial score (nSPS) is 10.7. The first-order valence-electron chi connectivity index (χ1n) is 7.32. The number of H-pyrrole nitrogens is 1. The molecule has 0 saturated heterocycles. The van der Waals surface area contributed by atoms with E-state index in [0.717, 1.165) is 16.4 Å². The predicted octanol–water partition coefficient (Wildman–Crippen LogP) is 1.86. The summed E-state index contributed by atoms with van der Waals surface area (Å²) in [7, 11) is 0. The number of fused-ring (bicyclic) bond motifs is 1. The molecule has 0 aliphatic heterocycles. The Morgan fingerprint density at radius 2 is 2.09 bits per heavy atom. The fourth-order valence-corrected chi connectivity index (χ4v) is 2.80. The summed E-state index contributed by atoms with van der Waals surface area (Å²) in [6, 6.07) is 5.40. The number of nitrogens with two attached hydrogens (primary N) is 1. The van der Waals surface area contributed by atoms with Crippen LogP contribution in [0.15, 0.2) is 29.2 Å². The smallest absolute Gasteiger partial charge is 0.259 e. The fraction of sp³-hybridized carbons (Fsp3) is 0.312. The van der Waals surface area contributed by atoms with Crippen LogP contribution in [0.2, 0.25) is 0 Å². The number of primary amides is 1. The van der Waals surface area contributed by atoms with Gasteiger partial charge in [0.15, 0.2) is 0 Å². The van der Waals surface area contributed by atoms with Gasteiger partial charge >= 0.3 is 0 Å². The van der Waals surface area contributed by atoms with Crippen LogP contribution in [-0.4, -0.2) is 34.8 Å². The molecule has 1 aromatic heterocycles. The second kappa shape index (κ2) is 7.58. The largest absolute Gasteiger partial charge is 0.368 e. The molecule has 0 spiro atoms. The lowest BCUT2D eigenvalue weighted by Crippen LogP contribution is -2.40. The van der Waals surface area contributed by atoms with E-state index in [1.54, 1.807) is 12.1 Å².